The molecule has 0 spiro atoms. The lowest BCUT2D eigenvalue weighted by Gasteiger charge is -2.13. The van der Waals surface area contributed by atoms with Gasteiger partial charge in [-0.05, 0) is 25.0 Å². The number of para-hydroxylation sites is 1. The van der Waals surface area contributed by atoms with Crippen LogP contribution in [0.4, 0.5) is 0 Å². The molecule has 0 N–H and O–H groups in total. The summed E-state index contributed by atoms with van der Waals surface area (Å²) in [6, 6.07) is 27.4. The highest BCUT2D eigenvalue weighted by molar-refractivity contribution is 7.17. The third-order valence-electron chi connectivity index (χ3n) is 5.57. The SMILES string of the molecule is C1=c2sc3ccccc3c2=C(c2nc(-c3ccccc3)c3ccccc3n2)CC1. The van der Waals surface area contributed by atoms with Crippen molar-refractivity contribution in [3.05, 3.63) is 94.4 Å². The molecule has 2 aromatic heterocycles. The van der Waals surface area contributed by atoms with E-state index in [-0.39, 0.29) is 0 Å². The van der Waals surface area contributed by atoms with Crippen molar-refractivity contribution in [2.75, 3.05) is 0 Å². The summed E-state index contributed by atoms with van der Waals surface area (Å²) in [5.74, 6) is 0.862. The van der Waals surface area contributed by atoms with Crippen LogP contribution in [0.3, 0.4) is 0 Å². The van der Waals surface area contributed by atoms with E-state index in [9.17, 15) is 0 Å². The maximum absolute atomic E-state index is 5.12. The maximum atomic E-state index is 5.12. The summed E-state index contributed by atoms with van der Waals surface area (Å²) < 4.78 is 2.68. The van der Waals surface area contributed by atoms with Gasteiger partial charge in [-0.25, -0.2) is 9.97 Å². The van der Waals surface area contributed by atoms with E-state index in [4.69, 9.17) is 9.97 Å². The first kappa shape index (κ1) is 16.6. The molecule has 0 bridgehead atoms. The monoisotopic (exact) mass is 390 g/mol. The third-order valence-corrected chi connectivity index (χ3v) is 6.74. The van der Waals surface area contributed by atoms with Crippen molar-refractivity contribution >= 4 is 44.0 Å². The second-order valence-electron chi connectivity index (χ2n) is 7.34. The molecular formula is C26H18N2S. The lowest BCUT2D eigenvalue weighted by molar-refractivity contribution is 1.04. The smallest absolute Gasteiger partial charge is 0.157 e. The normalized spacial score (nSPS) is 13.4. The second kappa shape index (κ2) is 6.64. The zero-order valence-corrected chi connectivity index (χ0v) is 16.6. The fraction of sp³-hybridized carbons (Fsp3) is 0.0769. The molecule has 3 heteroatoms. The molecule has 6 rings (SSSR count). The summed E-state index contributed by atoms with van der Waals surface area (Å²) >= 11 is 1.87. The van der Waals surface area contributed by atoms with Crippen LogP contribution in [0.5, 0.6) is 0 Å². The Hall–Kier alpha value is -3.30. The maximum Gasteiger partial charge on any atom is 0.157 e. The first-order valence-electron chi connectivity index (χ1n) is 9.92. The van der Waals surface area contributed by atoms with E-state index in [1.54, 1.807) is 0 Å². The van der Waals surface area contributed by atoms with Crippen LogP contribution in [-0.2, 0) is 0 Å². The minimum absolute atomic E-state index is 0.862. The van der Waals surface area contributed by atoms with E-state index in [2.05, 4.69) is 78.9 Å². The van der Waals surface area contributed by atoms with Crippen LogP contribution in [0.1, 0.15) is 18.7 Å². The zero-order valence-electron chi connectivity index (χ0n) is 15.8. The molecule has 1 aliphatic rings. The molecule has 0 saturated heterocycles. The molecule has 0 radical (unpaired) electrons. The molecule has 138 valence electrons. The van der Waals surface area contributed by atoms with Crippen LogP contribution >= 0.6 is 11.3 Å². The van der Waals surface area contributed by atoms with E-state index in [1.165, 1.54) is 25.4 Å². The first-order chi connectivity index (χ1) is 14.4. The molecule has 0 aliphatic heterocycles. The van der Waals surface area contributed by atoms with Crippen molar-refractivity contribution in [1.82, 2.24) is 9.97 Å². The van der Waals surface area contributed by atoms with Crippen molar-refractivity contribution in [2.24, 2.45) is 0 Å². The minimum Gasteiger partial charge on any atom is -0.228 e. The lowest BCUT2D eigenvalue weighted by atomic mass is 9.99. The Morgan fingerprint density at radius 1 is 0.724 bits per heavy atom. The van der Waals surface area contributed by atoms with Crippen LogP contribution in [0.15, 0.2) is 78.9 Å². The number of benzene rings is 3. The number of hydrogen-bond donors (Lipinski definition) is 0. The summed E-state index contributed by atoms with van der Waals surface area (Å²) in [4.78, 5) is 10.1. The summed E-state index contributed by atoms with van der Waals surface area (Å²) in [6.07, 6.45) is 4.37. The van der Waals surface area contributed by atoms with E-state index < -0.39 is 0 Å². The molecule has 3 aromatic carbocycles. The molecule has 0 saturated carbocycles. The molecule has 1 aliphatic carbocycles. The van der Waals surface area contributed by atoms with Crippen LogP contribution in [0.2, 0.25) is 0 Å². The number of nitrogens with zero attached hydrogens (tertiary/aromatic N) is 2. The Morgan fingerprint density at radius 2 is 1.48 bits per heavy atom. The Morgan fingerprint density at radius 3 is 2.38 bits per heavy atom. The summed E-state index contributed by atoms with van der Waals surface area (Å²) in [7, 11) is 0. The predicted octanol–water partition coefficient (Wildman–Crippen LogP) is 5.28. The molecule has 5 aromatic rings. The Balaban J connectivity index is 1.73. The van der Waals surface area contributed by atoms with Crippen molar-refractivity contribution in [2.45, 2.75) is 12.8 Å². The third kappa shape index (κ3) is 2.70. The predicted molar refractivity (Wildman–Crippen MR) is 122 cm³/mol. The molecule has 0 atom stereocenters. The van der Waals surface area contributed by atoms with Gasteiger partial charge in [-0.2, -0.15) is 0 Å². The average Bonchev–Trinajstić information content (AvgIpc) is 3.18. The van der Waals surface area contributed by atoms with Gasteiger partial charge in [0.1, 0.15) is 0 Å². The quantitative estimate of drug-likeness (QED) is 0.410. The summed E-state index contributed by atoms with van der Waals surface area (Å²) in [5, 5.41) is 3.74. The van der Waals surface area contributed by atoms with Gasteiger partial charge in [0.25, 0.3) is 0 Å². The van der Waals surface area contributed by atoms with E-state index >= 15 is 0 Å². The van der Waals surface area contributed by atoms with Crippen molar-refractivity contribution in [3.63, 3.8) is 0 Å². The van der Waals surface area contributed by atoms with Gasteiger partial charge in [-0.1, -0.05) is 72.8 Å². The summed E-state index contributed by atoms with van der Waals surface area (Å²) in [5.41, 5.74) is 4.41. The van der Waals surface area contributed by atoms with E-state index in [0.717, 1.165) is 40.8 Å². The van der Waals surface area contributed by atoms with Gasteiger partial charge in [0.15, 0.2) is 5.82 Å². The van der Waals surface area contributed by atoms with E-state index in [1.807, 2.05) is 17.4 Å². The summed E-state index contributed by atoms with van der Waals surface area (Å²) in [6.45, 7) is 0. The standard InChI is InChI=1S/C26H18N2S/c1-2-9-17(10-3-1)25-18-11-4-6-14-21(18)27-26(28-25)20-13-8-16-23-24(20)19-12-5-7-15-22(19)29-23/h1-7,9-12,14-16H,8,13H2. The Labute approximate surface area is 172 Å². The molecular weight excluding hydrogens is 372 g/mol. The van der Waals surface area contributed by atoms with Gasteiger partial charge in [0, 0.05) is 36.4 Å². The van der Waals surface area contributed by atoms with E-state index in [0.29, 0.717) is 0 Å². The highest BCUT2D eigenvalue weighted by Gasteiger charge is 2.17. The van der Waals surface area contributed by atoms with Crippen LogP contribution in [-0.4, -0.2) is 9.97 Å². The van der Waals surface area contributed by atoms with Crippen molar-refractivity contribution in [3.8, 4) is 11.3 Å². The number of fused-ring (bicyclic) bond motifs is 4. The largest absolute Gasteiger partial charge is 0.228 e. The van der Waals surface area contributed by atoms with Crippen LogP contribution in [0.25, 0.3) is 43.9 Å². The molecule has 2 nitrogen and oxygen atoms in total. The number of hydrogen-bond acceptors (Lipinski definition) is 3. The molecule has 2 heterocycles. The van der Waals surface area contributed by atoms with Gasteiger partial charge in [-0.3, -0.25) is 0 Å². The molecule has 0 fully saturated rings. The van der Waals surface area contributed by atoms with Gasteiger partial charge < -0.3 is 0 Å². The zero-order chi connectivity index (χ0) is 19.2. The van der Waals surface area contributed by atoms with Crippen LogP contribution in [0, 0.1) is 0 Å². The lowest BCUT2D eigenvalue weighted by Crippen LogP contribution is -2.26. The fourth-order valence-corrected chi connectivity index (χ4v) is 5.44. The highest BCUT2D eigenvalue weighted by Crippen LogP contribution is 2.29. The van der Waals surface area contributed by atoms with Crippen molar-refractivity contribution in [1.29, 1.82) is 0 Å². The molecule has 0 unspecified atom stereocenters. The Kier molecular flexibility index (Phi) is 3.81. The number of thiophene rings is 1. The topological polar surface area (TPSA) is 25.8 Å². The molecule has 0 amide bonds. The van der Waals surface area contributed by atoms with Gasteiger partial charge in [0.05, 0.1) is 11.2 Å². The van der Waals surface area contributed by atoms with Gasteiger partial charge in [0.2, 0.25) is 0 Å². The number of aromatic nitrogens is 2. The minimum atomic E-state index is 0.862. The molecule has 29 heavy (non-hydrogen) atoms. The fourth-order valence-electron chi connectivity index (χ4n) is 4.24. The van der Waals surface area contributed by atoms with Gasteiger partial charge >= 0.3 is 0 Å². The van der Waals surface area contributed by atoms with Gasteiger partial charge in [-0.15, -0.1) is 11.3 Å². The average molecular weight is 391 g/mol. The van der Waals surface area contributed by atoms with Crippen LogP contribution < -0.4 is 9.75 Å². The second-order valence-corrected chi connectivity index (χ2v) is 8.42. The Bertz CT molecular complexity index is 1500. The highest BCUT2D eigenvalue weighted by atomic mass is 32.1. The number of rotatable bonds is 2. The van der Waals surface area contributed by atoms with Crippen molar-refractivity contribution < 1.29 is 0 Å². The first-order valence-corrected chi connectivity index (χ1v) is 10.7.